The van der Waals surface area contributed by atoms with Gasteiger partial charge in [0.15, 0.2) is 11.6 Å². The van der Waals surface area contributed by atoms with Gasteiger partial charge in [0.25, 0.3) is 0 Å². The second-order valence-electron chi connectivity index (χ2n) is 8.26. The van der Waals surface area contributed by atoms with Crippen LogP contribution in [0.25, 0.3) is 0 Å². The van der Waals surface area contributed by atoms with Crippen LogP contribution in [-0.2, 0) is 11.2 Å². The molecule has 1 fully saturated rings. The highest BCUT2D eigenvalue weighted by atomic mass is 35.5. The third kappa shape index (κ3) is 6.32. The Labute approximate surface area is 175 Å². The van der Waals surface area contributed by atoms with Crippen LogP contribution in [0.1, 0.15) is 39.3 Å². The Balaban J connectivity index is 1.55. The fourth-order valence-electron chi connectivity index (χ4n) is 3.24. The van der Waals surface area contributed by atoms with Gasteiger partial charge in [-0.2, -0.15) is 0 Å². The topological polar surface area (TPSA) is 51.7 Å². The second kappa shape index (κ2) is 8.99. The fraction of sp³-hybridized carbons (Fsp3) is 0.455. The molecule has 0 spiro atoms. The average Bonchev–Trinajstić information content (AvgIpc) is 2.64. The highest BCUT2D eigenvalue weighted by Crippen LogP contribution is 2.27. The lowest BCUT2D eigenvalue weighted by Crippen LogP contribution is -2.42. The molecule has 29 heavy (non-hydrogen) atoms. The van der Waals surface area contributed by atoms with E-state index in [2.05, 4.69) is 4.98 Å². The predicted octanol–water partition coefficient (Wildman–Crippen LogP) is 5.86. The number of piperidine rings is 1. The van der Waals surface area contributed by atoms with Crippen molar-refractivity contribution in [2.75, 3.05) is 13.1 Å². The highest BCUT2D eigenvalue weighted by molar-refractivity contribution is 6.30. The van der Waals surface area contributed by atoms with Crippen LogP contribution in [0.5, 0.6) is 11.6 Å². The van der Waals surface area contributed by atoms with Gasteiger partial charge in [-0.15, -0.1) is 0 Å². The van der Waals surface area contributed by atoms with Gasteiger partial charge in [0.1, 0.15) is 5.60 Å². The predicted molar refractivity (Wildman–Crippen MR) is 110 cm³/mol. The van der Waals surface area contributed by atoms with Crippen LogP contribution in [0.3, 0.4) is 0 Å². The van der Waals surface area contributed by atoms with Crippen molar-refractivity contribution in [2.45, 2.75) is 45.6 Å². The molecule has 0 radical (unpaired) electrons. The number of hydrogen-bond donors (Lipinski definition) is 0. The third-order valence-electron chi connectivity index (χ3n) is 4.65. The Morgan fingerprint density at radius 1 is 1.24 bits per heavy atom. The average molecular weight is 421 g/mol. The Morgan fingerprint density at radius 2 is 1.97 bits per heavy atom. The molecule has 0 unspecified atom stereocenters. The zero-order valence-electron chi connectivity index (χ0n) is 17.0. The number of rotatable bonds is 4. The Morgan fingerprint density at radius 3 is 2.62 bits per heavy atom. The van der Waals surface area contributed by atoms with Gasteiger partial charge in [0.2, 0.25) is 5.88 Å². The minimum absolute atomic E-state index is 0.0877. The van der Waals surface area contributed by atoms with Crippen LogP contribution >= 0.6 is 11.6 Å². The first-order valence-corrected chi connectivity index (χ1v) is 10.1. The number of benzene rings is 1. The number of ether oxygens (including phenoxy) is 2. The summed E-state index contributed by atoms with van der Waals surface area (Å²) >= 11 is 5.77. The highest BCUT2D eigenvalue weighted by Gasteiger charge is 2.27. The lowest BCUT2D eigenvalue weighted by Gasteiger charge is -2.33. The number of carbonyl (C=O) groups excluding carboxylic acids is 1. The minimum Gasteiger partial charge on any atom is -0.444 e. The van der Waals surface area contributed by atoms with Crippen LogP contribution in [0, 0.1) is 11.7 Å². The molecule has 3 rings (SSSR count). The molecular weight excluding hydrogens is 395 g/mol. The quantitative estimate of drug-likeness (QED) is 0.622. The van der Waals surface area contributed by atoms with E-state index in [0.717, 1.165) is 25.0 Å². The van der Waals surface area contributed by atoms with E-state index in [-0.39, 0.29) is 11.8 Å². The molecule has 1 saturated heterocycles. The lowest BCUT2D eigenvalue weighted by molar-refractivity contribution is 0.0184. The first-order chi connectivity index (χ1) is 13.7. The molecule has 5 nitrogen and oxygen atoms in total. The molecule has 0 bridgehead atoms. The van der Waals surface area contributed by atoms with Gasteiger partial charge in [0, 0.05) is 29.9 Å². The number of likely N-dealkylation sites (tertiary alicyclic amines) is 1. The van der Waals surface area contributed by atoms with Crippen molar-refractivity contribution in [1.82, 2.24) is 9.88 Å². The monoisotopic (exact) mass is 420 g/mol. The summed E-state index contributed by atoms with van der Waals surface area (Å²) in [6.07, 6.45) is 2.30. The fourth-order valence-corrected chi connectivity index (χ4v) is 3.40. The number of amides is 1. The summed E-state index contributed by atoms with van der Waals surface area (Å²) in [4.78, 5) is 18.4. The van der Waals surface area contributed by atoms with Crippen molar-refractivity contribution >= 4 is 17.7 Å². The van der Waals surface area contributed by atoms with E-state index in [1.165, 1.54) is 12.1 Å². The van der Waals surface area contributed by atoms with Gasteiger partial charge in [-0.3, -0.25) is 0 Å². The maximum atomic E-state index is 13.9. The SMILES string of the molecule is CC(C)(C)OC(=O)N1CCC(Cc2cccc(Oc3ccc(Cl)cc3F)n2)CC1. The maximum absolute atomic E-state index is 13.9. The van der Waals surface area contributed by atoms with Crippen LogP contribution in [-0.4, -0.2) is 34.7 Å². The molecule has 2 aromatic rings. The van der Waals surface area contributed by atoms with E-state index in [9.17, 15) is 9.18 Å². The molecule has 1 aromatic heterocycles. The van der Waals surface area contributed by atoms with Gasteiger partial charge >= 0.3 is 6.09 Å². The molecule has 2 heterocycles. The first kappa shape index (κ1) is 21.4. The molecular formula is C22H26ClFN2O3. The van der Waals surface area contributed by atoms with Crippen LogP contribution in [0.4, 0.5) is 9.18 Å². The standard InChI is InChI=1S/C22H26ClFN2O3/c1-22(2,3)29-21(27)26-11-9-15(10-12-26)13-17-5-4-6-20(25-17)28-19-8-7-16(23)14-18(19)24/h4-8,14-15H,9-13H2,1-3H3. The number of hydrogen-bond acceptors (Lipinski definition) is 4. The van der Waals surface area contributed by atoms with Crippen molar-refractivity contribution in [3.05, 3.63) is 52.9 Å². The van der Waals surface area contributed by atoms with Gasteiger partial charge in [-0.25, -0.2) is 14.2 Å². The molecule has 156 valence electrons. The van der Waals surface area contributed by atoms with E-state index in [4.69, 9.17) is 21.1 Å². The van der Waals surface area contributed by atoms with Crippen molar-refractivity contribution in [3.8, 4) is 11.6 Å². The van der Waals surface area contributed by atoms with Crippen LogP contribution < -0.4 is 4.74 Å². The zero-order chi connectivity index (χ0) is 21.0. The molecule has 1 aliphatic rings. The number of nitrogens with zero attached hydrogens (tertiary/aromatic N) is 2. The summed E-state index contributed by atoms with van der Waals surface area (Å²) in [5.41, 5.74) is 0.398. The van der Waals surface area contributed by atoms with Crippen molar-refractivity contribution < 1.29 is 18.7 Å². The maximum Gasteiger partial charge on any atom is 0.410 e. The molecule has 7 heteroatoms. The van der Waals surface area contributed by atoms with Gasteiger partial charge in [-0.05, 0) is 70.2 Å². The molecule has 0 saturated carbocycles. The van der Waals surface area contributed by atoms with E-state index in [0.29, 0.717) is 29.9 Å². The van der Waals surface area contributed by atoms with E-state index in [1.807, 2.05) is 32.9 Å². The zero-order valence-corrected chi connectivity index (χ0v) is 17.7. The Kier molecular flexibility index (Phi) is 6.63. The molecule has 1 aromatic carbocycles. The van der Waals surface area contributed by atoms with Crippen LogP contribution in [0.15, 0.2) is 36.4 Å². The number of aromatic nitrogens is 1. The first-order valence-electron chi connectivity index (χ1n) is 9.76. The smallest absolute Gasteiger partial charge is 0.410 e. The van der Waals surface area contributed by atoms with Crippen molar-refractivity contribution in [2.24, 2.45) is 5.92 Å². The summed E-state index contributed by atoms with van der Waals surface area (Å²) < 4.78 is 24.9. The summed E-state index contributed by atoms with van der Waals surface area (Å²) in [5, 5.41) is 0.314. The van der Waals surface area contributed by atoms with Crippen LogP contribution in [0.2, 0.25) is 5.02 Å². The summed E-state index contributed by atoms with van der Waals surface area (Å²) in [7, 11) is 0. The summed E-state index contributed by atoms with van der Waals surface area (Å²) in [6, 6.07) is 9.75. The largest absolute Gasteiger partial charge is 0.444 e. The second-order valence-corrected chi connectivity index (χ2v) is 8.70. The number of pyridine rings is 1. The lowest BCUT2D eigenvalue weighted by atomic mass is 9.92. The Hall–Kier alpha value is -2.34. The van der Waals surface area contributed by atoms with Gasteiger partial charge in [-0.1, -0.05) is 17.7 Å². The van der Waals surface area contributed by atoms with E-state index < -0.39 is 11.4 Å². The molecule has 0 aliphatic carbocycles. The number of halogens is 2. The minimum atomic E-state index is -0.529. The van der Waals surface area contributed by atoms with Gasteiger partial charge < -0.3 is 14.4 Å². The Bertz CT molecular complexity index is 861. The molecule has 0 N–H and O–H groups in total. The summed E-state index contributed by atoms with van der Waals surface area (Å²) in [6.45, 7) is 6.95. The van der Waals surface area contributed by atoms with Crippen molar-refractivity contribution in [3.63, 3.8) is 0 Å². The van der Waals surface area contributed by atoms with Crippen molar-refractivity contribution in [1.29, 1.82) is 0 Å². The normalized spacial score (nSPS) is 15.3. The summed E-state index contributed by atoms with van der Waals surface area (Å²) in [5.74, 6) is 0.322. The van der Waals surface area contributed by atoms with Gasteiger partial charge in [0.05, 0.1) is 0 Å². The third-order valence-corrected chi connectivity index (χ3v) is 4.89. The number of carbonyl (C=O) groups is 1. The molecule has 0 atom stereocenters. The molecule has 1 amide bonds. The van der Waals surface area contributed by atoms with E-state index in [1.54, 1.807) is 17.0 Å². The molecule has 1 aliphatic heterocycles. The van der Waals surface area contributed by atoms with E-state index >= 15 is 0 Å².